The first-order valence-corrected chi connectivity index (χ1v) is 12.9. The highest BCUT2D eigenvalue weighted by Gasteiger charge is 2.35. The van der Waals surface area contributed by atoms with E-state index in [4.69, 9.17) is 11.6 Å². The lowest BCUT2D eigenvalue weighted by Crippen LogP contribution is -2.53. The molecule has 2 aromatic rings. The molecule has 2 aliphatic rings. The quantitative estimate of drug-likeness (QED) is 0.479. The van der Waals surface area contributed by atoms with Gasteiger partial charge in [0.15, 0.2) is 0 Å². The number of carbonyl (C=O) groups excluding carboxylic acids is 2. The van der Waals surface area contributed by atoms with Crippen LogP contribution in [0.2, 0.25) is 5.02 Å². The highest BCUT2D eigenvalue weighted by molar-refractivity contribution is 7.95. The van der Waals surface area contributed by atoms with Crippen molar-refractivity contribution >= 4 is 58.1 Å². The third kappa shape index (κ3) is 5.98. The Bertz CT molecular complexity index is 1120. The first kappa shape index (κ1) is 25.1. The Morgan fingerprint density at radius 2 is 2.15 bits per heavy atom. The van der Waals surface area contributed by atoms with Crippen molar-refractivity contribution in [1.82, 2.24) is 19.3 Å². The molecule has 2 heterocycles. The fourth-order valence-electron chi connectivity index (χ4n) is 3.92. The maximum absolute atomic E-state index is 13.4. The largest absolute Gasteiger partial charge is 0.350 e. The first-order chi connectivity index (χ1) is 16.1. The lowest BCUT2D eigenvalue weighted by Gasteiger charge is -2.34. The Morgan fingerprint density at radius 1 is 1.35 bits per heavy atom. The molecule has 7 nitrogen and oxygen atoms in total. The SMILES string of the molecule is CN1SNC(C(=O)NCc2cnc(C3=CCC(C)(C)C3)s2)CC1C(=O)Nc1ccc(F)c(Cl)c1. The Morgan fingerprint density at radius 3 is 2.85 bits per heavy atom. The van der Waals surface area contributed by atoms with Gasteiger partial charge in [0.05, 0.1) is 17.6 Å². The Hall–Kier alpha value is -1.98. The van der Waals surface area contributed by atoms with E-state index in [1.54, 1.807) is 22.7 Å². The summed E-state index contributed by atoms with van der Waals surface area (Å²) in [5.41, 5.74) is 1.95. The van der Waals surface area contributed by atoms with Crippen LogP contribution in [0.5, 0.6) is 0 Å². The minimum absolute atomic E-state index is 0.0674. The second kappa shape index (κ2) is 10.3. The average Bonchev–Trinajstić information content (AvgIpc) is 3.41. The molecule has 2 unspecified atom stereocenters. The Balaban J connectivity index is 1.31. The standard InChI is InChI=1S/C23H27ClFN5O2S2/c1-23(2)7-6-13(10-23)22-27-12-15(33-22)11-26-20(31)18-9-19(30(3)34-29-18)21(32)28-14-4-5-17(25)16(24)8-14/h4-6,8,12,18-19,29H,7,9-11H2,1-3H3,(H,26,31)(H,28,32). The number of thiazole rings is 1. The third-order valence-corrected chi connectivity index (χ3v) is 8.17. The van der Waals surface area contributed by atoms with E-state index >= 15 is 0 Å². The van der Waals surface area contributed by atoms with Gasteiger partial charge >= 0.3 is 0 Å². The molecule has 0 bridgehead atoms. The summed E-state index contributed by atoms with van der Waals surface area (Å²) >= 11 is 8.61. The molecule has 182 valence electrons. The van der Waals surface area contributed by atoms with Gasteiger partial charge in [-0.05, 0) is 55.5 Å². The van der Waals surface area contributed by atoms with Crippen LogP contribution in [0.25, 0.3) is 5.57 Å². The van der Waals surface area contributed by atoms with Crippen molar-refractivity contribution in [3.05, 3.63) is 51.2 Å². The van der Waals surface area contributed by atoms with E-state index in [0.717, 1.165) is 22.7 Å². The highest BCUT2D eigenvalue weighted by atomic mass is 35.5. The zero-order chi connectivity index (χ0) is 24.5. The molecule has 0 spiro atoms. The molecule has 0 radical (unpaired) electrons. The number of amides is 2. The zero-order valence-corrected chi connectivity index (χ0v) is 21.5. The summed E-state index contributed by atoms with van der Waals surface area (Å²) in [6.45, 7) is 4.89. The number of hydrogen-bond acceptors (Lipinski definition) is 7. The maximum atomic E-state index is 13.4. The van der Waals surface area contributed by atoms with E-state index in [9.17, 15) is 14.0 Å². The van der Waals surface area contributed by atoms with Gasteiger partial charge in [-0.3, -0.25) is 9.59 Å². The average molecular weight is 524 g/mol. The summed E-state index contributed by atoms with van der Waals surface area (Å²) < 4.78 is 18.2. The molecule has 1 aliphatic carbocycles. The van der Waals surface area contributed by atoms with E-state index in [1.807, 2.05) is 6.20 Å². The van der Waals surface area contributed by atoms with Crippen LogP contribution in [-0.4, -0.2) is 40.2 Å². The van der Waals surface area contributed by atoms with Crippen molar-refractivity contribution in [2.45, 2.75) is 51.7 Å². The van der Waals surface area contributed by atoms with Gasteiger partial charge in [0.25, 0.3) is 0 Å². The number of allylic oxidation sites excluding steroid dienone is 2. The zero-order valence-electron chi connectivity index (χ0n) is 19.2. The second-order valence-corrected chi connectivity index (χ2v) is 11.8. The number of benzene rings is 1. The number of nitrogens with one attached hydrogen (secondary N) is 3. The van der Waals surface area contributed by atoms with Crippen LogP contribution in [0.3, 0.4) is 0 Å². The van der Waals surface area contributed by atoms with Crippen LogP contribution in [-0.2, 0) is 16.1 Å². The van der Waals surface area contributed by atoms with Crippen molar-refractivity contribution in [3.8, 4) is 0 Å². The normalized spacial score (nSPS) is 22.3. The summed E-state index contributed by atoms with van der Waals surface area (Å²) in [5.74, 6) is -1.03. The van der Waals surface area contributed by atoms with E-state index in [2.05, 4.69) is 40.3 Å². The van der Waals surface area contributed by atoms with Crippen molar-refractivity contribution in [2.24, 2.45) is 5.41 Å². The number of anilines is 1. The van der Waals surface area contributed by atoms with Crippen LogP contribution in [0.15, 0.2) is 30.5 Å². The smallest absolute Gasteiger partial charge is 0.242 e. The van der Waals surface area contributed by atoms with Crippen LogP contribution < -0.4 is 15.4 Å². The summed E-state index contributed by atoms with van der Waals surface area (Å²) in [6, 6.07) is 2.91. The molecule has 0 saturated carbocycles. The minimum Gasteiger partial charge on any atom is -0.350 e. The van der Waals surface area contributed by atoms with Crippen molar-refractivity contribution < 1.29 is 14.0 Å². The van der Waals surface area contributed by atoms with Gasteiger partial charge < -0.3 is 10.6 Å². The summed E-state index contributed by atoms with van der Waals surface area (Å²) in [6.07, 6.45) is 6.41. The summed E-state index contributed by atoms with van der Waals surface area (Å²) in [5, 5.41) is 6.65. The first-order valence-electron chi connectivity index (χ1n) is 10.9. The van der Waals surface area contributed by atoms with Gasteiger partial charge in [-0.1, -0.05) is 31.5 Å². The number of aromatic nitrogens is 1. The van der Waals surface area contributed by atoms with Crippen molar-refractivity contribution in [1.29, 1.82) is 0 Å². The van der Waals surface area contributed by atoms with Crippen molar-refractivity contribution in [3.63, 3.8) is 0 Å². The van der Waals surface area contributed by atoms with Gasteiger partial charge in [-0.25, -0.2) is 18.4 Å². The number of hydrogen-bond donors (Lipinski definition) is 3. The molecule has 3 N–H and O–H groups in total. The molecule has 2 atom stereocenters. The van der Waals surface area contributed by atoms with Gasteiger partial charge in [0.1, 0.15) is 16.9 Å². The number of carbonyl (C=O) groups is 2. The molecule has 1 aromatic carbocycles. The topological polar surface area (TPSA) is 86.4 Å². The number of nitrogens with zero attached hydrogens (tertiary/aromatic N) is 2. The fraction of sp³-hybridized carbons (Fsp3) is 0.435. The Kier molecular flexibility index (Phi) is 7.63. The van der Waals surface area contributed by atoms with E-state index < -0.39 is 17.9 Å². The number of likely N-dealkylation sites (N-methyl/N-ethyl adjacent to an activating group) is 1. The summed E-state index contributed by atoms with van der Waals surface area (Å²) in [7, 11) is 1.77. The van der Waals surface area contributed by atoms with Crippen LogP contribution >= 0.6 is 35.1 Å². The molecular formula is C23H27ClFN5O2S2. The maximum Gasteiger partial charge on any atom is 0.242 e. The molecule has 1 saturated heterocycles. The molecule has 34 heavy (non-hydrogen) atoms. The summed E-state index contributed by atoms with van der Waals surface area (Å²) in [4.78, 5) is 31.2. The third-order valence-electron chi connectivity index (χ3n) is 5.88. The second-order valence-electron chi connectivity index (χ2n) is 9.30. The fourth-order valence-corrected chi connectivity index (χ4v) is 5.80. The van der Waals surface area contributed by atoms with Gasteiger partial charge in [-0.2, -0.15) is 0 Å². The van der Waals surface area contributed by atoms with E-state index in [-0.39, 0.29) is 28.7 Å². The molecule has 4 rings (SSSR count). The monoisotopic (exact) mass is 523 g/mol. The van der Waals surface area contributed by atoms with Gasteiger partial charge in [0.2, 0.25) is 11.8 Å². The molecular weight excluding hydrogens is 497 g/mol. The number of rotatable bonds is 6. The van der Waals surface area contributed by atoms with Crippen LogP contribution in [0, 0.1) is 11.2 Å². The van der Waals surface area contributed by atoms with Crippen LogP contribution in [0.4, 0.5) is 10.1 Å². The minimum atomic E-state index is -0.557. The van der Waals surface area contributed by atoms with E-state index in [0.29, 0.717) is 12.2 Å². The molecule has 1 aromatic heterocycles. The Labute approximate surface area is 211 Å². The number of halogens is 2. The predicted molar refractivity (Wildman–Crippen MR) is 136 cm³/mol. The lowest BCUT2D eigenvalue weighted by atomic mass is 9.90. The molecule has 1 aliphatic heterocycles. The van der Waals surface area contributed by atoms with Crippen molar-refractivity contribution in [2.75, 3.05) is 12.4 Å². The highest BCUT2D eigenvalue weighted by Crippen LogP contribution is 2.41. The predicted octanol–water partition coefficient (Wildman–Crippen LogP) is 4.62. The lowest BCUT2D eigenvalue weighted by molar-refractivity contribution is -0.124. The van der Waals surface area contributed by atoms with Gasteiger partial charge in [-0.15, -0.1) is 11.3 Å². The van der Waals surface area contributed by atoms with Crippen LogP contribution in [0.1, 0.15) is 43.0 Å². The van der Waals surface area contributed by atoms with Gasteiger partial charge in [0, 0.05) is 28.9 Å². The molecule has 2 amide bonds. The molecule has 11 heteroatoms. The molecule has 1 fully saturated rings. The van der Waals surface area contributed by atoms with E-state index in [1.165, 1.54) is 35.9 Å².